The molecule has 0 aliphatic rings. The number of carbonyl (C=O) groups is 2. The zero-order valence-electron chi connectivity index (χ0n) is 12.2. The summed E-state index contributed by atoms with van der Waals surface area (Å²) < 4.78 is 0. The topological polar surface area (TPSA) is 96.0 Å². The Morgan fingerprint density at radius 3 is 2.45 bits per heavy atom. The van der Waals surface area contributed by atoms with Crippen LogP contribution in [0, 0.1) is 5.92 Å². The molecule has 0 radical (unpaired) electrons. The molecule has 1 atom stereocenters. The van der Waals surface area contributed by atoms with Crippen LogP contribution in [0.4, 0.5) is 15.6 Å². The number of amides is 3. The summed E-state index contributed by atoms with van der Waals surface area (Å²) in [5, 5.41) is 15.8. The van der Waals surface area contributed by atoms with Gasteiger partial charge in [-0.1, -0.05) is 43.4 Å². The molecule has 3 N–H and O–H groups in total. The Bertz CT molecular complexity index is 615. The van der Waals surface area contributed by atoms with E-state index in [1.807, 2.05) is 32.0 Å². The molecule has 0 aliphatic carbocycles. The summed E-state index contributed by atoms with van der Waals surface area (Å²) in [6.07, 6.45) is 0. The third-order valence-corrected chi connectivity index (χ3v) is 3.46. The third kappa shape index (κ3) is 4.52. The highest BCUT2D eigenvalue weighted by Crippen LogP contribution is 2.11. The van der Waals surface area contributed by atoms with E-state index in [4.69, 9.17) is 0 Å². The lowest BCUT2D eigenvalue weighted by atomic mass is 10.0. The van der Waals surface area contributed by atoms with Crippen molar-refractivity contribution >= 4 is 34.1 Å². The van der Waals surface area contributed by atoms with Gasteiger partial charge >= 0.3 is 6.03 Å². The molecule has 8 heteroatoms. The van der Waals surface area contributed by atoms with E-state index in [-0.39, 0.29) is 11.8 Å². The molecule has 1 heterocycles. The van der Waals surface area contributed by atoms with Gasteiger partial charge in [-0.3, -0.25) is 10.1 Å². The lowest BCUT2D eigenvalue weighted by Gasteiger charge is -2.21. The van der Waals surface area contributed by atoms with E-state index in [1.165, 1.54) is 16.8 Å². The maximum atomic E-state index is 12.2. The van der Waals surface area contributed by atoms with Gasteiger partial charge in [0.25, 0.3) is 0 Å². The van der Waals surface area contributed by atoms with E-state index in [9.17, 15) is 9.59 Å². The smallest absolute Gasteiger partial charge is 0.319 e. The van der Waals surface area contributed by atoms with Gasteiger partial charge in [-0.05, 0) is 18.1 Å². The molecule has 3 amide bonds. The van der Waals surface area contributed by atoms with E-state index in [0.717, 1.165) is 0 Å². The van der Waals surface area contributed by atoms with Crippen LogP contribution in [0.15, 0.2) is 35.8 Å². The van der Waals surface area contributed by atoms with Gasteiger partial charge in [0, 0.05) is 5.69 Å². The number of para-hydroxylation sites is 1. The Balaban J connectivity index is 1.96. The van der Waals surface area contributed by atoms with Crippen molar-refractivity contribution in [2.24, 2.45) is 5.92 Å². The first-order valence-corrected chi connectivity index (χ1v) is 7.64. The van der Waals surface area contributed by atoms with Crippen LogP contribution in [0.1, 0.15) is 13.8 Å². The summed E-state index contributed by atoms with van der Waals surface area (Å²) in [6, 6.07) is 7.92. The molecule has 0 spiro atoms. The van der Waals surface area contributed by atoms with Gasteiger partial charge in [0.2, 0.25) is 11.0 Å². The van der Waals surface area contributed by atoms with Crippen molar-refractivity contribution in [3.05, 3.63) is 35.8 Å². The molecule has 22 heavy (non-hydrogen) atoms. The van der Waals surface area contributed by atoms with Crippen LogP contribution in [0.2, 0.25) is 0 Å². The summed E-state index contributed by atoms with van der Waals surface area (Å²) in [6.45, 7) is 3.71. The second-order valence-electron chi connectivity index (χ2n) is 4.92. The molecular weight excluding hydrogens is 302 g/mol. The van der Waals surface area contributed by atoms with E-state index in [0.29, 0.717) is 10.8 Å². The van der Waals surface area contributed by atoms with Gasteiger partial charge in [0.05, 0.1) is 0 Å². The summed E-state index contributed by atoms with van der Waals surface area (Å²) >= 11 is 1.22. The van der Waals surface area contributed by atoms with Gasteiger partial charge < -0.3 is 10.6 Å². The fourth-order valence-corrected chi connectivity index (χ4v) is 2.22. The van der Waals surface area contributed by atoms with Crippen LogP contribution in [-0.2, 0) is 4.79 Å². The third-order valence-electron chi connectivity index (χ3n) is 2.86. The maximum absolute atomic E-state index is 12.2. The van der Waals surface area contributed by atoms with Crippen molar-refractivity contribution in [2.45, 2.75) is 19.9 Å². The lowest BCUT2D eigenvalue weighted by Crippen LogP contribution is -2.48. The SMILES string of the molecule is CC(C)C(NC(=O)Nc1ccccc1)C(=O)Nc1nncs1. The minimum Gasteiger partial charge on any atom is -0.326 e. The molecule has 1 aromatic heterocycles. The maximum Gasteiger partial charge on any atom is 0.319 e. The zero-order chi connectivity index (χ0) is 15.9. The highest BCUT2D eigenvalue weighted by Gasteiger charge is 2.25. The Labute approximate surface area is 132 Å². The van der Waals surface area contributed by atoms with Gasteiger partial charge in [0.15, 0.2) is 0 Å². The fourth-order valence-electron chi connectivity index (χ4n) is 1.78. The van der Waals surface area contributed by atoms with Crippen molar-refractivity contribution in [3.8, 4) is 0 Å². The number of hydrogen-bond acceptors (Lipinski definition) is 5. The van der Waals surface area contributed by atoms with Crippen molar-refractivity contribution in [1.29, 1.82) is 0 Å². The first kappa shape index (κ1) is 15.9. The lowest BCUT2D eigenvalue weighted by molar-refractivity contribution is -0.118. The molecule has 116 valence electrons. The highest BCUT2D eigenvalue weighted by molar-refractivity contribution is 7.13. The second kappa shape index (κ2) is 7.51. The molecule has 7 nitrogen and oxygen atoms in total. The largest absolute Gasteiger partial charge is 0.326 e. The van der Waals surface area contributed by atoms with Crippen LogP contribution in [0.3, 0.4) is 0 Å². The first-order chi connectivity index (χ1) is 10.6. The molecule has 0 fully saturated rings. The van der Waals surface area contributed by atoms with Gasteiger partial charge in [-0.2, -0.15) is 0 Å². The van der Waals surface area contributed by atoms with E-state index >= 15 is 0 Å². The average molecular weight is 319 g/mol. The number of aromatic nitrogens is 2. The van der Waals surface area contributed by atoms with Crippen LogP contribution in [0.5, 0.6) is 0 Å². The average Bonchev–Trinajstić information content (AvgIpc) is 2.98. The van der Waals surface area contributed by atoms with Gasteiger partial charge in [-0.15, -0.1) is 10.2 Å². The minimum atomic E-state index is -0.674. The second-order valence-corrected chi connectivity index (χ2v) is 5.75. The molecule has 0 saturated carbocycles. The normalized spacial score (nSPS) is 11.8. The molecule has 1 unspecified atom stereocenters. The van der Waals surface area contributed by atoms with Crippen molar-refractivity contribution in [1.82, 2.24) is 15.5 Å². The van der Waals surface area contributed by atoms with Gasteiger partial charge in [0.1, 0.15) is 11.6 Å². The summed E-state index contributed by atoms with van der Waals surface area (Å²) in [5.74, 6) is -0.399. The number of anilines is 2. The number of carbonyl (C=O) groups excluding carboxylic acids is 2. The van der Waals surface area contributed by atoms with Crippen molar-refractivity contribution < 1.29 is 9.59 Å². The number of nitrogens with one attached hydrogen (secondary N) is 3. The number of rotatable bonds is 5. The molecular formula is C14H17N5O2S. The molecule has 1 aromatic carbocycles. The van der Waals surface area contributed by atoms with Crippen molar-refractivity contribution in [3.63, 3.8) is 0 Å². The summed E-state index contributed by atoms with van der Waals surface area (Å²) in [5.41, 5.74) is 2.18. The number of benzene rings is 1. The fraction of sp³-hybridized carbons (Fsp3) is 0.286. The Hall–Kier alpha value is -2.48. The quantitative estimate of drug-likeness (QED) is 0.788. The summed E-state index contributed by atoms with van der Waals surface area (Å²) in [7, 11) is 0. The number of hydrogen-bond donors (Lipinski definition) is 3. The van der Waals surface area contributed by atoms with Crippen molar-refractivity contribution in [2.75, 3.05) is 10.6 Å². The van der Waals surface area contributed by atoms with Crippen LogP contribution in [0.25, 0.3) is 0 Å². The van der Waals surface area contributed by atoms with Crippen LogP contribution in [-0.4, -0.2) is 28.2 Å². The standard InChI is InChI=1S/C14H17N5O2S/c1-9(2)11(12(20)18-14-19-15-8-22-14)17-13(21)16-10-6-4-3-5-7-10/h3-9,11H,1-2H3,(H2,16,17,21)(H,18,19,20). The van der Waals surface area contributed by atoms with Gasteiger partial charge in [-0.25, -0.2) is 4.79 Å². The van der Waals surface area contributed by atoms with Crippen LogP contribution >= 0.6 is 11.3 Å². The molecule has 2 aromatic rings. The highest BCUT2D eigenvalue weighted by atomic mass is 32.1. The predicted molar refractivity (Wildman–Crippen MR) is 85.8 cm³/mol. The Kier molecular flexibility index (Phi) is 5.42. The monoisotopic (exact) mass is 319 g/mol. The molecule has 0 saturated heterocycles. The molecule has 0 aliphatic heterocycles. The predicted octanol–water partition coefficient (Wildman–Crippen LogP) is 2.32. The van der Waals surface area contributed by atoms with E-state index < -0.39 is 12.1 Å². The van der Waals surface area contributed by atoms with Crippen LogP contribution < -0.4 is 16.0 Å². The molecule has 2 rings (SSSR count). The number of urea groups is 1. The zero-order valence-corrected chi connectivity index (χ0v) is 13.1. The Morgan fingerprint density at radius 2 is 1.86 bits per heavy atom. The Morgan fingerprint density at radius 1 is 1.14 bits per heavy atom. The minimum absolute atomic E-state index is 0.0746. The first-order valence-electron chi connectivity index (χ1n) is 6.76. The van der Waals surface area contributed by atoms with E-state index in [2.05, 4.69) is 26.1 Å². The van der Waals surface area contributed by atoms with E-state index in [1.54, 1.807) is 12.1 Å². The number of nitrogens with zero attached hydrogens (tertiary/aromatic N) is 2. The summed E-state index contributed by atoms with van der Waals surface area (Å²) in [4.78, 5) is 24.2. The molecule has 0 bridgehead atoms.